The first-order chi connectivity index (χ1) is 5.84. The highest BCUT2D eigenvalue weighted by atomic mass is 32.2. The van der Waals surface area contributed by atoms with E-state index in [2.05, 4.69) is 0 Å². The molecule has 1 aliphatic carbocycles. The fraction of sp³-hybridized carbons (Fsp3) is 0.167. The van der Waals surface area contributed by atoms with Gasteiger partial charge < -0.3 is 20.9 Å². The molecular formula is C6H9NO6S. The van der Waals surface area contributed by atoms with E-state index in [1.54, 1.807) is 0 Å². The van der Waals surface area contributed by atoms with E-state index in [1.165, 1.54) is 0 Å². The molecule has 7 nitrogen and oxygen atoms in total. The topological polar surface area (TPSA) is 151 Å². The third-order valence-corrected chi connectivity index (χ3v) is 2.36. The van der Waals surface area contributed by atoms with Crippen LogP contribution in [0.25, 0.3) is 0 Å². The number of carbonyl (C=O) groups is 1. The van der Waals surface area contributed by atoms with Crippen molar-refractivity contribution in [3.63, 3.8) is 0 Å². The highest BCUT2D eigenvalue weighted by Crippen LogP contribution is 2.22. The van der Waals surface area contributed by atoms with Crippen LogP contribution in [-0.2, 0) is 14.9 Å². The van der Waals surface area contributed by atoms with Gasteiger partial charge in [-0.05, 0) is 6.08 Å². The van der Waals surface area contributed by atoms with Crippen LogP contribution in [0.5, 0.6) is 0 Å². The smallest absolute Gasteiger partial charge is 0.180 e. The molecule has 6 N–H and O–H groups in total. The van der Waals surface area contributed by atoms with E-state index in [-0.39, 0.29) is 6.15 Å². The van der Waals surface area contributed by atoms with Gasteiger partial charge in [-0.1, -0.05) is 0 Å². The summed E-state index contributed by atoms with van der Waals surface area (Å²) in [6.45, 7) is 0. The number of rotatable bonds is 1. The fourth-order valence-corrected chi connectivity index (χ4v) is 1.59. The molecular weight excluding hydrogens is 214 g/mol. The molecule has 0 aliphatic heterocycles. The summed E-state index contributed by atoms with van der Waals surface area (Å²) in [6, 6.07) is 0. The van der Waals surface area contributed by atoms with Crippen molar-refractivity contribution in [2.24, 2.45) is 0 Å². The largest absolute Gasteiger partial charge is 0.744 e. The second-order valence-electron chi connectivity index (χ2n) is 2.35. The van der Waals surface area contributed by atoms with Crippen LogP contribution in [0, 0.1) is 0 Å². The zero-order chi connectivity index (χ0) is 10.2. The van der Waals surface area contributed by atoms with Gasteiger partial charge in [0.05, 0.1) is 0 Å². The standard InChI is InChI=1S/C6H6O6S.H3N/c7-3-1-2-4(8)6(5(3)9)13(10,11)12;/h1,7,9H,2H2,(H,10,11,12);1H3. The van der Waals surface area contributed by atoms with Crippen molar-refractivity contribution in [1.29, 1.82) is 0 Å². The van der Waals surface area contributed by atoms with Gasteiger partial charge in [-0.3, -0.25) is 4.79 Å². The van der Waals surface area contributed by atoms with E-state index in [9.17, 15) is 17.8 Å². The van der Waals surface area contributed by atoms with E-state index >= 15 is 0 Å². The van der Waals surface area contributed by atoms with Gasteiger partial charge >= 0.3 is 0 Å². The summed E-state index contributed by atoms with van der Waals surface area (Å²) in [6.07, 6.45) is 0.513. The molecule has 0 aromatic heterocycles. The first-order valence-electron chi connectivity index (χ1n) is 3.16. The summed E-state index contributed by atoms with van der Waals surface area (Å²) in [7, 11) is -5.03. The van der Waals surface area contributed by atoms with Crippen molar-refractivity contribution in [1.82, 2.24) is 6.15 Å². The molecule has 0 bridgehead atoms. The van der Waals surface area contributed by atoms with E-state index in [4.69, 9.17) is 10.2 Å². The minimum absolute atomic E-state index is 0. The number of allylic oxidation sites excluding steroid dienone is 2. The van der Waals surface area contributed by atoms with Gasteiger partial charge in [0.1, 0.15) is 15.0 Å². The van der Waals surface area contributed by atoms with E-state index in [0.717, 1.165) is 6.08 Å². The third kappa shape index (κ3) is 2.10. The maximum absolute atomic E-state index is 10.8. The van der Waals surface area contributed by atoms with Gasteiger partial charge in [-0.25, -0.2) is 8.42 Å². The Morgan fingerprint density at radius 2 is 1.86 bits per heavy atom. The molecule has 0 saturated carbocycles. The molecule has 0 spiro atoms. The number of aliphatic hydroxyl groups excluding tert-OH is 2. The molecule has 80 valence electrons. The molecule has 14 heavy (non-hydrogen) atoms. The van der Waals surface area contributed by atoms with Crippen LogP contribution in [0.4, 0.5) is 0 Å². The number of hydrogen-bond acceptors (Lipinski definition) is 6. The number of carbonyl (C=O) groups excluding carboxylic acids is 1. The Balaban J connectivity index is 0.00000169. The fourth-order valence-electron chi connectivity index (χ4n) is 0.885. The Labute approximate surface area is 79.7 Å². The zero-order valence-corrected chi connectivity index (χ0v) is 8.04. The molecule has 8 heteroatoms. The van der Waals surface area contributed by atoms with Gasteiger partial charge in [-0.2, -0.15) is 0 Å². The molecule has 0 saturated heterocycles. The molecule has 0 aromatic carbocycles. The maximum atomic E-state index is 10.8. The van der Waals surface area contributed by atoms with Crippen molar-refractivity contribution in [2.75, 3.05) is 0 Å². The Hall–Kier alpha value is -1.38. The van der Waals surface area contributed by atoms with Gasteiger partial charge in [-0.15, -0.1) is 0 Å². The number of ketones is 1. The van der Waals surface area contributed by atoms with E-state index in [0.29, 0.717) is 0 Å². The normalized spacial score (nSPS) is 17.5. The molecule has 0 unspecified atom stereocenters. The average molecular weight is 223 g/mol. The lowest BCUT2D eigenvalue weighted by Gasteiger charge is -2.15. The summed E-state index contributed by atoms with van der Waals surface area (Å²) in [5.41, 5.74) is 0. The van der Waals surface area contributed by atoms with Crippen LogP contribution >= 0.6 is 0 Å². The van der Waals surface area contributed by atoms with Crippen molar-refractivity contribution in [2.45, 2.75) is 6.42 Å². The molecule has 1 aliphatic rings. The molecule has 0 radical (unpaired) electrons. The van der Waals surface area contributed by atoms with Crippen molar-refractivity contribution < 1.29 is 28.0 Å². The Bertz CT molecular complexity index is 418. The van der Waals surface area contributed by atoms with Gasteiger partial charge in [0, 0.05) is 6.42 Å². The lowest BCUT2D eigenvalue weighted by Crippen LogP contribution is -2.19. The van der Waals surface area contributed by atoms with Crippen LogP contribution < -0.4 is 6.15 Å². The predicted octanol–water partition coefficient (Wildman–Crippen LogP) is 0.0921. The predicted molar refractivity (Wildman–Crippen MR) is 45.7 cm³/mol. The van der Waals surface area contributed by atoms with E-state index in [1.807, 2.05) is 0 Å². The molecule has 0 aromatic rings. The summed E-state index contributed by atoms with van der Waals surface area (Å²) >= 11 is 0. The number of hydrogen-bond donors (Lipinski definition) is 3. The molecule has 0 amide bonds. The highest BCUT2D eigenvalue weighted by molar-refractivity contribution is 7.90. The summed E-state index contributed by atoms with van der Waals surface area (Å²) in [4.78, 5) is 9.57. The van der Waals surface area contributed by atoms with Gasteiger partial charge in [0.25, 0.3) is 0 Å². The molecule has 0 fully saturated rings. The molecule has 1 rings (SSSR count). The lowest BCUT2D eigenvalue weighted by atomic mass is 10.1. The minimum Gasteiger partial charge on any atom is -0.744 e. The average Bonchev–Trinajstić information content (AvgIpc) is 1.95. The van der Waals surface area contributed by atoms with Crippen LogP contribution in [-0.4, -0.2) is 29.0 Å². The molecule has 0 heterocycles. The second-order valence-corrected chi connectivity index (χ2v) is 3.67. The van der Waals surface area contributed by atoms with E-state index < -0.39 is 38.7 Å². The van der Waals surface area contributed by atoms with Crippen molar-refractivity contribution >= 4 is 15.9 Å². The first-order valence-corrected chi connectivity index (χ1v) is 4.56. The van der Waals surface area contributed by atoms with Gasteiger partial charge in [0.2, 0.25) is 0 Å². The Kier molecular flexibility index (Phi) is 3.41. The number of aliphatic hydroxyl groups is 2. The monoisotopic (exact) mass is 223 g/mol. The van der Waals surface area contributed by atoms with Crippen molar-refractivity contribution in [3.8, 4) is 0 Å². The number of Topliss-reactive ketones (excluding diaryl/α,β-unsaturated/α-hetero) is 1. The Morgan fingerprint density at radius 1 is 1.36 bits per heavy atom. The summed E-state index contributed by atoms with van der Waals surface area (Å²) in [5.74, 6) is -2.97. The van der Waals surface area contributed by atoms with Crippen LogP contribution in [0.3, 0.4) is 0 Å². The lowest BCUT2D eigenvalue weighted by molar-refractivity contribution is -0.114. The highest BCUT2D eigenvalue weighted by Gasteiger charge is 2.26. The van der Waals surface area contributed by atoms with Crippen LogP contribution in [0.15, 0.2) is 22.5 Å². The Morgan fingerprint density at radius 3 is 2.21 bits per heavy atom. The number of quaternary nitrogens is 1. The van der Waals surface area contributed by atoms with Crippen LogP contribution in [0.2, 0.25) is 0 Å². The zero-order valence-electron chi connectivity index (χ0n) is 7.22. The second kappa shape index (κ2) is 3.78. The van der Waals surface area contributed by atoms with Gasteiger partial charge in [0.15, 0.2) is 17.3 Å². The SMILES string of the molecule is O=C1CC=C(O)C(O)=C1S(=O)(=O)[O-].[NH4+]. The summed E-state index contributed by atoms with van der Waals surface area (Å²) in [5, 5.41) is 17.7. The first kappa shape index (κ1) is 12.6. The summed E-state index contributed by atoms with van der Waals surface area (Å²) < 4.78 is 31.3. The third-order valence-electron chi connectivity index (χ3n) is 1.44. The minimum atomic E-state index is -5.03. The molecule has 0 atom stereocenters. The van der Waals surface area contributed by atoms with Crippen molar-refractivity contribution in [3.05, 3.63) is 22.5 Å². The quantitative estimate of drug-likeness (QED) is 0.535. The maximum Gasteiger partial charge on any atom is 0.180 e. The van der Waals surface area contributed by atoms with Crippen LogP contribution in [0.1, 0.15) is 6.42 Å².